The average Bonchev–Trinajstić information content (AvgIpc) is 2.58. The summed E-state index contributed by atoms with van der Waals surface area (Å²) < 4.78 is 0. The second-order valence-corrected chi connectivity index (χ2v) is 4.37. The zero-order valence-electron chi connectivity index (χ0n) is 7.86. The molecular formula is C10H9N3OS. The van der Waals surface area contributed by atoms with Crippen LogP contribution in [-0.4, -0.2) is 23.0 Å². The third-order valence-electron chi connectivity index (χ3n) is 2.48. The molecule has 0 bridgehead atoms. The molecule has 15 heavy (non-hydrogen) atoms. The Kier molecular flexibility index (Phi) is 1.92. The molecule has 5 heteroatoms. The SMILES string of the molecule is O=c1cc[nH]c2c1N=CC1=CSCC1N2. The number of hydrogen-bond donors (Lipinski definition) is 2. The van der Waals surface area contributed by atoms with E-state index in [9.17, 15) is 4.79 Å². The zero-order chi connectivity index (χ0) is 10.3. The third-order valence-corrected chi connectivity index (χ3v) is 3.44. The van der Waals surface area contributed by atoms with Gasteiger partial charge in [-0.05, 0) is 11.0 Å². The number of thioether (sulfide) groups is 1. The topological polar surface area (TPSA) is 57.2 Å². The molecule has 76 valence electrons. The van der Waals surface area contributed by atoms with Crippen molar-refractivity contribution in [2.24, 2.45) is 4.99 Å². The Morgan fingerprint density at radius 1 is 1.53 bits per heavy atom. The lowest BCUT2D eigenvalue weighted by atomic mass is 10.2. The Bertz CT molecular complexity index is 518. The number of aromatic nitrogens is 1. The van der Waals surface area contributed by atoms with Crippen molar-refractivity contribution < 1.29 is 0 Å². The van der Waals surface area contributed by atoms with Gasteiger partial charge in [0.05, 0.1) is 6.04 Å². The van der Waals surface area contributed by atoms with Crippen LogP contribution < -0.4 is 10.7 Å². The molecule has 0 saturated heterocycles. The molecule has 0 fully saturated rings. The zero-order valence-corrected chi connectivity index (χ0v) is 8.67. The fourth-order valence-electron chi connectivity index (χ4n) is 1.69. The summed E-state index contributed by atoms with van der Waals surface area (Å²) in [7, 11) is 0. The Hall–Kier alpha value is -1.49. The highest BCUT2D eigenvalue weighted by Gasteiger charge is 2.22. The summed E-state index contributed by atoms with van der Waals surface area (Å²) in [5.74, 6) is 1.70. The van der Waals surface area contributed by atoms with Gasteiger partial charge in [-0.25, -0.2) is 4.99 Å². The van der Waals surface area contributed by atoms with Gasteiger partial charge in [0.25, 0.3) is 0 Å². The highest BCUT2D eigenvalue weighted by molar-refractivity contribution is 8.02. The van der Waals surface area contributed by atoms with Crippen molar-refractivity contribution in [2.45, 2.75) is 6.04 Å². The molecule has 3 heterocycles. The van der Waals surface area contributed by atoms with E-state index in [1.54, 1.807) is 24.2 Å². The minimum Gasteiger partial charge on any atom is -0.362 e. The van der Waals surface area contributed by atoms with Crippen LogP contribution in [0.4, 0.5) is 11.5 Å². The van der Waals surface area contributed by atoms with Crippen molar-refractivity contribution in [1.29, 1.82) is 0 Å². The Morgan fingerprint density at radius 2 is 2.47 bits per heavy atom. The molecule has 2 aliphatic heterocycles. The van der Waals surface area contributed by atoms with Crippen LogP contribution in [-0.2, 0) is 0 Å². The minimum absolute atomic E-state index is 0.0549. The van der Waals surface area contributed by atoms with Gasteiger partial charge in [-0.3, -0.25) is 4.79 Å². The third kappa shape index (κ3) is 1.39. The quantitative estimate of drug-likeness (QED) is 0.695. The lowest BCUT2D eigenvalue weighted by Gasteiger charge is -2.12. The van der Waals surface area contributed by atoms with Gasteiger partial charge >= 0.3 is 0 Å². The molecule has 0 radical (unpaired) electrons. The first-order valence-electron chi connectivity index (χ1n) is 4.68. The van der Waals surface area contributed by atoms with Gasteiger partial charge in [-0.2, -0.15) is 0 Å². The number of aliphatic imine (C=N–C) groups is 1. The van der Waals surface area contributed by atoms with E-state index in [-0.39, 0.29) is 11.5 Å². The molecule has 0 aliphatic carbocycles. The summed E-state index contributed by atoms with van der Waals surface area (Å²) in [4.78, 5) is 18.8. The first kappa shape index (κ1) is 8.79. The molecule has 1 aromatic rings. The van der Waals surface area contributed by atoms with Crippen LogP contribution >= 0.6 is 11.8 Å². The van der Waals surface area contributed by atoms with Crippen LogP contribution in [0, 0.1) is 0 Å². The van der Waals surface area contributed by atoms with Crippen LogP contribution in [0.3, 0.4) is 0 Å². The highest BCUT2D eigenvalue weighted by atomic mass is 32.2. The van der Waals surface area contributed by atoms with Gasteiger partial charge in [-0.1, -0.05) is 0 Å². The molecule has 2 N–H and O–H groups in total. The van der Waals surface area contributed by atoms with Gasteiger partial charge in [0.1, 0.15) is 5.82 Å². The summed E-state index contributed by atoms with van der Waals surface area (Å²) in [6, 6.07) is 1.75. The maximum atomic E-state index is 11.5. The number of pyridine rings is 1. The number of hydrogen-bond acceptors (Lipinski definition) is 4. The average molecular weight is 219 g/mol. The van der Waals surface area contributed by atoms with Crippen LogP contribution in [0.25, 0.3) is 0 Å². The molecule has 4 nitrogen and oxygen atoms in total. The standard InChI is InChI=1S/C10H9N3OS/c14-8-1-2-11-10-9(8)12-3-6-4-15-5-7(6)13-10/h1-4,7H,5H2,(H2,11,13,14). The van der Waals surface area contributed by atoms with Gasteiger partial charge in [-0.15, -0.1) is 11.8 Å². The van der Waals surface area contributed by atoms with Crippen molar-refractivity contribution in [2.75, 3.05) is 11.1 Å². The summed E-state index contributed by atoms with van der Waals surface area (Å²) in [5.41, 5.74) is 1.56. The van der Waals surface area contributed by atoms with E-state index in [0.29, 0.717) is 5.69 Å². The Balaban J connectivity index is 2.16. The van der Waals surface area contributed by atoms with E-state index in [0.717, 1.165) is 17.1 Å². The number of nitrogens with zero attached hydrogens (tertiary/aromatic N) is 1. The number of rotatable bonds is 0. The van der Waals surface area contributed by atoms with Crippen LogP contribution in [0.1, 0.15) is 0 Å². The summed E-state index contributed by atoms with van der Waals surface area (Å²) >= 11 is 1.76. The molecule has 2 aliphatic rings. The summed E-state index contributed by atoms with van der Waals surface area (Å²) in [6.45, 7) is 0. The van der Waals surface area contributed by atoms with E-state index in [4.69, 9.17) is 0 Å². The monoisotopic (exact) mass is 219 g/mol. The molecule has 0 saturated carbocycles. The fraction of sp³-hybridized carbons (Fsp3) is 0.200. The molecule has 1 aromatic heterocycles. The van der Waals surface area contributed by atoms with Gasteiger partial charge < -0.3 is 10.3 Å². The van der Waals surface area contributed by atoms with Crippen molar-refractivity contribution in [1.82, 2.24) is 4.98 Å². The van der Waals surface area contributed by atoms with Crippen LogP contribution in [0.5, 0.6) is 0 Å². The van der Waals surface area contributed by atoms with Gasteiger partial charge in [0.15, 0.2) is 5.69 Å². The predicted octanol–water partition coefficient (Wildman–Crippen LogP) is 1.50. The second kappa shape index (κ2) is 3.27. The van der Waals surface area contributed by atoms with Crippen LogP contribution in [0.2, 0.25) is 0 Å². The molecule has 0 aromatic carbocycles. The van der Waals surface area contributed by atoms with Crippen molar-refractivity contribution in [3.8, 4) is 0 Å². The lowest BCUT2D eigenvalue weighted by molar-refractivity contribution is 0.991. The number of aromatic amines is 1. The van der Waals surface area contributed by atoms with Gasteiger partial charge in [0, 0.05) is 24.2 Å². The Labute approximate surface area is 90.5 Å². The molecular weight excluding hydrogens is 210 g/mol. The van der Waals surface area contributed by atoms with E-state index in [1.807, 2.05) is 0 Å². The number of H-pyrrole nitrogens is 1. The normalized spacial score (nSPS) is 22.4. The maximum absolute atomic E-state index is 11.5. The van der Waals surface area contributed by atoms with E-state index in [2.05, 4.69) is 20.7 Å². The molecule has 1 atom stereocenters. The van der Waals surface area contributed by atoms with E-state index in [1.165, 1.54) is 6.07 Å². The molecule has 0 amide bonds. The predicted molar refractivity (Wildman–Crippen MR) is 63.2 cm³/mol. The first-order chi connectivity index (χ1) is 7.34. The minimum atomic E-state index is -0.0549. The fourth-order valence-corrected chi connectivity index (χ4v) is 2.67. The smallest absolute Gasteiger partial charge is 0.209 e. The summed E-state index contributed by atoms with van der Waals surface area (Å²) in [6.07, 6.45) is 3.42. The Morgan fingerprint density at radius 3 is 3.40 bits per heavy atom. The molecule has 3 rings (SSSR count). The van der Waals surface area contributed by atoms with E-state index < -0.39 is 0 Å². The van der Waals surface area contributed by atoms with Crippen LogP contribution in [0.15, 0.2) is 33.0 Å². The largest absolute Gasteiger partial charge is 0.362 e. The maximum Gasteiger partial charge on any atom is 0.209 e. The lowest BCUT2D eigenvalue weighted by Crippen LogP contribution is -2.22. The van der Waals surface area contributed by atoms with Gasteiger partial charge in [0.2, 0.25) is 5.43 Å². The number of fused-ring (bicyclic) bond motifs is 2. The van der Waals surface area contributed by atoms with Crippen molar-refractivity contribution in [3.63, 3.8) is 0 Å². The second-order valence-electron chi connectivity index (χ2n) is 3.47. The van der Waals surface area contributed by atoms with Crippen molar-refractivity contribution in [3.05, 3.63) is 33.5 Å². The first-order valence-corrected chi connectivity index (χ1v) is 5.73. The summed E-state index contributed by atoms with van der Waals surface area (Å²) in [5, 5.41) is 5.37. The molecule has 0 spiro atoms. The van der Waals surface area contributed by atoms with E-state index >= 15 is 0 Å². The van der Waals surface area contributed by atoms with Crippen molar-refractivity contribution >= 4 is 29.5 Å². The number of anilines is 1. The number of nitrogens with one attached hydrogen (secondary N) is 2. The highest BCUT2D eigenvalue weighted by Crippen LogP contribution is 2.29. The molecule has 1 unspecified atom stereocenters.